The van der Waals surface area contributed by atoms with E-state index in [2.05, 4.69) is 24.5 Å². The molecule has 3 heteroatoms. The van der Waals surface area contributed by atoms with Crippen LogP contribution in [0.25, 0.3) is 0 Å². The number of carbonyl (C=O) groups excluding carboxylic acids is 1. The largest absolute Gasteiger partial charge is 0.337 e. The molecule has 3 nitrogen and oxygen atoms in total. The predicted octanol–water partition coefficient (Wildman–Crippen LogP) is 0.857. The number of nitrogens with one attached hydrogen (secondary N) is 2. The third-order valence-electron chi connectivity index (χ3n) is 1.99. The Kier molecular flexibility index (Phi) is 2.42. The highest BCUT2D eigenvalue weighted by molar-refractivity contribution is 5.84. The summed E-state index contributed by atoms with van der Waals surface area (Å²) in [5.41, 5.74) is -0.226. The lowest BCUT2D eigenvalue weighted by Gasteiger charge is -2.18. The molecule has 0 bridgehead atoms. The molecule has 0 aromatic carbocycles. The maximum Gasteiger partial charge on any atom is 0.238 e. The SMILES string of the molecule is CC(C)CC1NC(C)(C)NC1=O. The van der Waals surface area contributed by atoms with E-state index < -0.39 is 0 Å². The van der Waals surface area contributed by atoms with Crippen molar-refractivity contribution in [2.24, 2.45) is 5.92 Å². The lowest BCUT2D eigenvalue weighted by atomic mass is 10.0. The van der Waals surface area contributed by atoms with Gasteiger partial charge in [0, 0.05) is 0 Å². The topological polar surface area (TPSA) is 41.1 Å². The number of rotatable bonds is 2. The van der Waals surface area contributed by atoms with Crippen LogP contribution in [0.4, 0.5) is 0 Å². The molecule has 70 valence electrons. The van der Waals surface area contributed by atoms with Gasteiger partial charge in [0.2, 0.25) is 5.91 Å². The molecule has 1 unspecified atom stereocenters. The van der Waals surface area contributed by atoms with E-state index in [9.17, 15) is 4.79 Å². The van der Waals surface area contributed by atoms with Crippen molar-refractivity contribution in [3.8, 4) is 0 Å². The van der Waals surface area contributed by atoms with Gasteiger partial charge in [-0.05, 0) is 26.2 Å². The van der Waals surface area contributed by atoms with Crippen molar-refractivity contribution in [2.45, 2.75) is 45.8 Å². The Balaban J connectivity index is 2.53. The van der Waals surface area contributed by atoms with Crippen molar-refractivity contribution in [3.05, 3.63) is 0 Å². The second kappa shape index (κ2) is 3.05. The molecule has 12 heavy (non-hydrogen) atoms. The van der Waals surface area contributed by atoms with Gasteiger partial charge in [-0.15, -0.1) is 0 Å². The molecule has 1 saturated heterocycles. The molecule has 1 amide bonds. The second-order valence-electron chi connectivity index (χ2n) is 4.44. The van der Waals surface area contributed by atoms with Crippen LogP contribution in [0.15, 0.2) is 0 Å². The molecule has 0 spiro atoms. The Morgan fingerprint density at radius 2 is 2.08 bits per heavy atom. The number of carbonyl (C=O) groups is 1. The first-order chi connectivity index (χ1) is 5.41. The molecule has 1 aliphatic rings. The zero-order valence-electron chi connectivity index (χ0n) is 8.27. The first kappa shape index (κ1) is 9.52. The van der Waals surface area contributed by atoms with Crippen LogP contribution < -0.4 is 10.6 Å². The maximum absolute atomic E-state index is 11.4. The Morgan fingerprint density at radius 1 is 1.50 bits per heavy atom. The fraction of sp³-hybridized carbons (Fsp3) is 0.889. The van der Waals surface area contributed by atoms with Crippen LogP contribution in [0.3, 0.4) is 0 Å². The van der Waals surface area contributed by atoms with E-state index in [4.69, 9.17) is 0 Å². The van der Waals surface area contributed by atoms with E-state index in [0.717, 1.165) is 6.42 Å². The quantitative estimate of drug-likeness (QED) is 0.645. The summed E-state index contributed by atoms with van der Waals surface area (Å²) in [5.74, 6) is 0.691. The predicted molar refractivity (Wildman–Crippen MR) is 48.6 cm³/mol. The van der Waals surface area contributed by atoms with Crippen LogP contribution >= 0.6 is 0 Å². The van der Waals surface area contributed by atoms with Crippen LogP contribution in [0.2, 0.25) is 0 Å². The summed E-state index contributed by atoms with van der Waals surface area (Å²) in [6, 6.07) is -0.000000000000000222. The number of amides is 1. The molecular weight excluding hydrogens is 152 g/mol. The van der Waals surface area contributed by atoms with Gasteiger partial charge in [0.15, 0.2) is 0 Å². The summed E-state index contributed by atoms with van der Waals surface area (Å²) in [6.45, 7) is 8.21. The van der Waals surface area contributed by atoms with Crippen LogP contribution in [0, 0.1) is 5.92 Å². The van der Waals surface area contributed by atoms with Crippen molar-refractivity contribution in [1.82, 2.24) is 10.6 Å². The summed E-state index contributed by atoms with van der Waals surface area (Å²) in [4.78, 5) is 11.4. The maximum atomic E-state index is 11.4. The van der Waals surface area contributed by atoms with E-state index in [0.29, 0.717) is 5.92 Å². The van der Waals surface area contributed by atoms with Gasteiger partial charge in [-0.3, -0.25) is 10.1 Å². The van der Waals surface area contributed by atoms with Gasteiger partial charge in [0.1, 0.15) is 0 Å². The highest BCUT2D eigenvalue weighted by atomic mass is 16.2. The molecule has 0 aromatic heterocycles. The molecule has 1 rings (SSSR count). The zero-order valence-corrected chi connectivity index (χ0v) is 8.27. The lowest BCUT2D eigenvalue weighted by Crippen LogP contribution is -2.44. The summed E-state index contributed by atoms with van der Waals surface area (Å²) in [6.07, 6.45) is 0.912. The Labute approximate surface area is 73.9 Å². The van der Waals surface area contributed by atoms with Crippen molar-refractivity contribution in [3.63, 3.8) is 0 Å². The van der Waals surface area contributed by atoms with Crippen molar-refractivity contribution in [2.75, 3.05) is 0 Å². The highest BCUT2D eigenvalue weighted by Gasteiger charge is 2.36. The van der Waals surface area contributed by atoms with Crippen LogP contribution in [-0.4, -0.2) is 17.6 Å². The van der Waals surface area contributed by atoms with Gasteiger partial charge in [-0.25, -0.2) is 0 Å². The number of hydrogen-bond acceptors (Lipinski definition) is 2. The monoisotopic (exact) mass is 170 g/mol. The average molecular weight is 170 g/mol. The summed E-state index contributed by atoms with van der Waals surface area (Å²) in [5, 5.41) is 6.15. The Hall–Kier alpha value is -0.570. The molecule has 1 aliphatic heterocycles. The molecular formula is C9H18N2O. The normalized spacial score (nSPS) is 27.8. The molecule has 1 heterocycles. The van der Waals surface area contributed by atoms with Gasteiger partial charge >= 0.3 is 0 Å². The van der Waals surface area contributed by atoms with E-state index in [1.165, 1.54) is 0 Å². The number of hydrogen-bond donors (Lipinski definition) is 2. The third kappa shape index (κ3) is 2.21. The molecule has 0 saturated carbocycles. The summed E-state index contributed by atoms with van der Waals surface area (Å²) in [7, 11) is 0. The molecule has 0 radical (unpaired) electrons. The minimum Gasteiger partial charge on any atom is -0.337 e. The van der Waals surface area contributed by atoms with Crippen LogP contribution in [0.5, 0.6) is 0 Å². The van der Waals surface area contributed by atoms with E-state index >= 15 is 0 Å². The zero-order chi connectivity index (χ0) is 9.35. The Bertz CT molecular complexity index is 187. The fourth-order valence-electron chi connectivity index (χ4n) is 1.57. The molecule has 2 N–H and O–H groups in total. The average Bonchev–Trinajstić information content (AvgIpc) is 2.03. The molecule has 1 atom stereocenters. The lowest BCUT2D eigenvalue weighted by molar-refractivity contribution is -0.121. The first-order valence-corrected chi connectivity index (χ1v) is 4.50. The molecule has 0 aromatic rings. The van der Waals surface area contributed by atoms with E-state index in [-0.39, 0.29) is 17.6 Å². The van der Waals surface area contributed by atoms with Crippen molar-refractivity contribution < 1.29 is 4.79 Å². The van der Waals surface area contributed by atoms with Crippen molar-refractivity contribution >= 4 is 5.91 Å². The van der Waals surface area contributed by atoms with Crippen LogP contribution in [-0.2, 0) is 4.79 Å². The highest BCUT2D eigenvalue weighted by Crippen LogP contribution is 2.14. The third-order valence-corrected chi connectivity index (χ3v) is 1.99. The standard InChI is InChI=1S/C9H18N2O/c1-6(2)5-7-8(12)11-9(3,4)10-7/h6-7,10H,5H2,1-4H3,(H,11,12). The molecule has 1 fully saturated rings. The van der Waals surface area contributed by atoms with Crippen LogP contribution in [0.1, 0.15) is 34.1 Å². The van der Waals surface area contributed by atoms with E-state index in [1.54, 1.807) is 0 Å². The first-order valence-electron chi connectivity index (χ1n) is 4.50. The van der Waals surface area contributed by atoms with Gasteiger partial charge in [0.25, 0.3) is 0 Å². The molecule has 0 aliphatic carbocycles. The van der Waals surface area contributed by atoms with E-state index in [1.807, 2.05) is 13.8 Å². The second-order valence-corrected chi connectivity index (χ2v) is 4.44. The smallest absolute Gasteiger partial charge is 0.238 e. The van der Waals surface area contributed by atoms with Gasteiger partial charge < -0.3 is 5.32 Å². The minimum absolute atomic E-state index is 0.000000000000000222. The van der Waals surface area contributed by atoms with Gasteiger partial charge in [-0.2, -0.15) is 0 Å². The van der Waals surface area contributed by atoms with Gasteiger partial charge in [-0.1, -0.05) is 13.8 Å². The Morgan fingerprint density at radius 3 is 2.42 bits per heavy atom. The summed E-state index contributed by atoms with van der Waals surface area (Å²) < 4.78 is 0. The fourth-order valence-corrected chi connectivity index (χ4v) is 1.57. The summed E-state index contributed by atoms with van der Waals surface area (Å²) >= 11 is 0. The van der Waals surface area contributed by atoms with Gasteiger partial charge in [0.05, 0.1) is 11.7 Å². The minimum atomic E-state index is -0.226. The van der Waals surface area contributed by atoms with Crippen molar-refractivity contribution in [1.29, 1.82) is 0 Å².